The summed E-state index contributed by atoms with van der Waals surface area (Å²) in [7, 11) is 1.83. The van der Waals surface area contributed by atoms with E-state index in [9.17, 15) is 0 Å². The Kier molecular flexibility index (Phi) is 7.20. The van der Waals surface area contributed by atoms with Crippen LogP contribution in [0.1, 0.15) is 37.9 Å². The molecule has 1 aromatic heterocycles. The number of guanidine groups is 1. The molecule has 1 heterocycles. The van der Waals surface area contributed by atoms with Crippen LogP contribution in [0, 0.1) is 0 Å². The molecule has 5 heteroatoms. The van der Waals surface area contributed by atoms with E-state index in [4.69, 9.17) is 4.42 Å². The second kappa shape index (κ2) is 9.15. The van der Waals surface area contributed by atoms with Gasteiger partial charge in [0.05, 0.1) is 0 Å². The maximum atomic E-state index is 5.83. The monoisotopic (exact) mass is 427 g/mol. The molecule has 2 aromatic rings. The maximum Gasteiger partial charge on any atom is 0.191 e. The summed E-state index contributed by atoms with van der Waals surface area (Å²) in [6.07, 6.45) is 7.39. The number of aliphatic imine (C=N–C) groups is 1. The number of fused-ring (bicyclic) bond motifs is 1. The van der Waals surface area contributed by atoms with Crippen LogP contribution in [0.25, 0.3) is 11.0 Å². The zero-order chi connectivity index (χ0) is 15.2. The summed E-state index contributed by atoms with van der Waals surface area (Å²) in [5.41, 5.74) is 0.960. The summed E-state index contributed by atoms with van der Waals surface area (Å²) in [6.45, 7) is 0.826. The predicted molar refractivity (Wildman–Crippen MR) is 107 cm³/mol. The number of furan rings is 1. The zero-order valence-electron chi connectivity index (χ0n) is 13.7. The minimum atomic E-state index is 0. The van der Waals surface area contributed by atoms with Crippen LogP contribution in [0.5, 0.6) is 0 Å². The molecule has 0 atom stereocenters. The largest absolute Gasteiger partial charge is 0.461 e. The van der Waals surface area contributed by atoms with E-state index in [0.29, 0.717) is 6.04 Å². The van der Waals surface area contributed by atoms with E-state index in [1.165, 1.54) is 37.5 Å². The van der Waals surface area contributed by atoms with Gasteiger partial charge in [-0.3, -0.25) is 4.99 Å². The first-order valence-electron chi connectivity index (χ1n) is 8.30. The van der Waals surface area contributed by atoms with Crippen molar-refractivity contribution < 1.29 is 4.42 Å². The van der Waals surface area contributed by atoms with Crippen LogP contribution >= 0.6 is 24.0 Å². The molecule has 0 spiro atoms. The van der Waals surface area contributed by atoms with Crippen molar-refractivity contribution in [2.45, 2.75) is 44.6 Å². The molecule has 1 aromatic carbocycles. The third-order valence-corrected chi connectivity index (χ3v) is 4.31. The smallest absolute Gasteiger partial charge is 0.191 e. The lowest BCUT2D eigenvalue weighted by molar-refractivity contribution is 0.410. The highest BCUT2D eigenvalue weighted by Crippen LogP contribution is 2.19. The van der Waals surface area contributed by atoms with E-state index in [1.807, 2.05) is 25.2 Å². The molecule has 4 nitrogen and oxygen atoms in total. The Hall–Kier alpha value is -1.24. The van der Waals surface area contributed by atoms with Crippen LogP contribution < -0.4 is 10.6 Å². The molecule has 126 valence electrons. The van der Waals surface area contributed by atoms with Crippen molar-refractivity contribution in [3.63, 3.8) is 0 Å². The molecule has 0 unspecified atom stereocenters. The molecule has 0 aliphatic heterocycles. The van der Waals surface area contributed by atoms with E-state index in [-0.39, 0.29) is 24.0 Å². The van der Waals surface area contributed by atoms with Gasteiger partial charge >= 0.3 is 0 Å². The van der Waals surface area contributed by atoms with Crippen molar-refractivity contribution in [1.29, 1.82) is 0 Å². The van der Waals surface area contributed by atoms with E-state index in [0.717, 1.165) is 30.3 Å². The predicted octanol–water partition coefficient (Wildman–Crippen LogP) is 4.09. The van der Waals surface area contributed by atoms with Crippen molar-refractivity contribution in [2.75, 3.05) is 13.6 Å². The summed E-state index contributed by atoms with van der Waals surface area (Å²) in [5, 5.41) is 8.08. The van der Waals surface area contributed by atoms with E-state index >= 15 is 0 Å². The van der Waals surface area contributed by atoms with Crippen LogP contribution in [0.15, 0.2) is 39.7 Å². The number of benzene rings is 1. The Morgan fingerprint density at radius 2 is 2.00 bits per heavy atom. The summed E-state index contributed by atoms with van der Waals surface area (Å²) in [6, 6.07) is 10.8. The SMILES string of the molecule is CN=C(NCCc1cc2ccccc2o1)NC1CCCCC1.I. The number of nitrogens with zero attached hydrogens (tertiary/aromatic N) is 1. The first-order chi connectivity index (χ1) is 10.8. The summed E-state index contributed by atoms with van der Waals surface area (Å²) < 4.78 is 5.83. The van der Waals surface area contributed by atoms with Crippen LogP contribution in [0.4, 0.5) is 0 Å². The Morgan fingerprint density at radius 1 is 1.22 bits per heavy atom. The highest BCUT2D eigenvalue weighted by Gasteiger charge is 2.14. The van der Waals surface area contributed by atoms with Gasteiger partial charge in [0.2, 0.25) is 0 Å². The van der Waals surface area contributed by atoms with Gasteiger partial charge in [0, 0.05) is 31.4 Å². The fourth-order valence-electron chi connectivity index (χ4n) is 3.10. The normalized spacial score (nSPS) is 16.1. The number of nitrogens with one attached hydrogen (secondary N) is 2. The third kappa shape index (κ3) is 5.12. The van der Waals surface area contributed by atoms with Gasteiger partial charge in [0.15, 0.2) is 5.96 Å². The molecule has 0 bridgehead atoms. The molecule has 1 aliphatic carbocycles. The lowest BCUT2D eigenvalue weighted by atomic mass is 9.96. The Labute approximate surface area is 155 Å². The van der Waals surface area contributed by atoms with Crippen LogP contribution in [-0.2, 0) is 6.42 Å². The Balaban J connectivity index is 0.00000192. The highest BCUT2D eigenvalue weighted by molar-refractivity contribution is 14.0. The average molecular weight is 427 g/mol. The Morgan fingerprint density at radius 3 is 2.74 bits per heavy atom. The summed E-state index contributed by atoms with van der Waals surface area (Å²) in [5.74, 6) is 1.92. The fourth-order valence-corrected chi connectivity index (χ4v) is 3.10. The van der Waals surface area contributed by atoms with Gasteiger partial charge in [-0.1, -0.05) is 37.5 Å². The van der Waals surface area contributed by atoms with Crippen molar-refractivity contribution in [3.05, 3.63) is 36.1 Å². The Bertz CT molecular complexity index is 599. The van der Waals surface area contributed by atoms with Crippen LogP contribution in [0.3, 0.4) is 0 Å². The van der Waals surface area contributed by atoms with Gasteiger partial charge in [-0.2, -0.15) is 0 Å². The van der Waals surface area contributed by atoms with Gasteiger partial charge in [-0.15, -0.1) is 24.0 Å². The molecule has 1 fully saturated rings. The van der Waals surface area contributed by atoms with Crippen LogP contribution in [0.2, 0.25) is 0 Å². The second-order valence-electron chi connectivity index (χ2n) is 5.98. The summed E-state index contributed by atoms with van der Waals surface area (Å²) in [4.78, 5) is 4.32. The van der Waals surface area contributed by atoms with Crippen molar-refractivity contribution in [2.24, 2.45) is 4.99 Å². The van der Waals surface area contributed by atoms with Crippen molar-refractivity contribution in [3.8, 4) is 0 Å². The molecule has 3 rings (SSSR count). The number of para-hydroxylation sites is 1. The molecule has 1 aliphatic rings. The number of hydrogen-bond acceptors (Lipinski definition) is 2. The van der Waals surface area contributed by atoms with Gasteiger partial charge in [-0.25, -0.2) is 0 Å². The first kappa shape index (κ1) is 18.1. The summed E-state index contributed by atoms with van der Waals surface area (Å²) >= 11 is 0. The third-order valence-electron chi connectivity index (χ3n) is 4.31. The average Bonchev–Trinajstić information content (AvgIpc) is 2.97. The van der Waals surface area contributed by atoms with Gasteiger partial charge in [0.1, 0.15) is 11.3 Å². The standard InChI is InChI=1S/C18H25N3O.HI/c1-19-18(21-15-8-3-2-4-9-15)20-12-11-16-13-14-7-5-6-10-17(14)22-16;/h5-7,10,13,15H,2-4,8-9,11-12H2,1H3,(H2,19,20,21);1H. The number of halogens is 1. The van der Waals surface area contributed by atoms with E-state index < -0.39 is 0 Å². The number of hydrogen-bond donors (Lipinski definition) is 2. The molecular formula is C18H26IN3O. The lowest BCUT2D eigenvalue weighted by Gasteiger charge is -2.24. The molecule has 2 N–H and O–H groups in total. The molecular weight excluding hydrogens is 401 g/mol. The molecule has 23 heavy (non-hydrogen) atoms. The topological polar surface area (TPSA) is 49.6 Å². The van der Waals surface area contributed by atoms with Gasteiger partial charge in [-0.05, 0) is 25.0 Å². The highest BCUT2D eigenvalue weighted by atomic mass is 127. The molecule has 0 radical (unpaired) electrons. The molecule has 0 saturated heterocycles. The lowest BCUT2D eigenvalue weighted by Crippen LogP contribution is -2.44. The maximum absolute atomic E-state index is 5.83. The van der Waals surface area contributed by atoms with E-state index in [2.05, 4.69) is 27.8 Å². The fraction of sp³-hybridized carbons (Fsp3) is 0.500. The molecule has 0 amide bonds. The molecule has 1 saturated carbocycles. The first-order valence-corrected chi connectivity index (χ1v) is 8.30. The van der Waals surface area contributed by atoms with E-state index in [1.54, 1.807) is 0 Å². The number of rotatable bonds is 4. The van der Waals surface area contributed by atoms with Crippen molar-refractivity contribution in [1.82, 2.24) is 10.6 Å². The second-order valence-corrected chi connectivity index (χ2v) is 5.98. The zero-order valence-corrected chi connectivity index (χ0v) is 16.0. The quantitative estimate of drug-likeness (QED) is 0.439. The van der Waals surface area contributed by atoms with Gasteiger partial charge < -0.3 is 15.1 Å². The minimum Gasteiger partial charge on any atom is -0.461 e. The van der Waals surface area contributed by atoms with Crippen LogP contribution in [-0.4, -0.2) is 25.6 Å². The minimum absolute atomic E-state index is 0. The van der Waals surface area contributed by atoms with Gasteiger partial charge in [0.25, 0.3) is 0 Å². The van der Waals surface area contributed by atoms with Crippen molar-refractivity contribution >= 4 is 40.9 Å².